The van der Waals surface area contributed by atoms with Crippen LogP contribution in [0.15, 0.2) is 84.1 Å². The lowest BCUT2D eigenvalue weighted by Gasteiger charge is -2.26. The van der Waals surface area contributed by atoms with Gasteiger partial charge in [-0.15, -0.1) is 0 Å². The Labute approximate surface area is 164 Å². The largest absolute Gasteiger partial charge is 0.369 e. The van der Waals surface area contributed by atoms with Gasteiger partial charge in [0.15, 0.2) is 11.5 Å². The summed E-state index contributed by atoms with van der Waals surface area (Å²) in [5, 5.41) is 0. The second-order valence-corrected chi connectivity index (χ2v) is 6.97. The van der Waals surface area contributed by atoms with Crippen molar-refractivity contribution in [1.82, 2.24) is 9.88 Å². The quantitative estimate of drug-likeness (QED) is 0.751. The third kappa shape index (κ3) is 3.05. The second-order valence-electron chi connectivity index (χ2n) is 6.97. The molecule has 1 aromatic heterocycles. The van der Waals surface area contributed by atoms with Crippen LogP contribution in [0.5, 0.6) is 0 Å². The molecule has 1 amide bonds. The minimum atomic E-state index is -1.13. The van der Waals surface area contributed by atoms with Crippen molar-refractivity contribution < 1.29 is 4.79 Å². The lowest BCUT2D eigenvalue weighted by Crippen LogP contribution is -2.41. The van der Waals surface area contributed by atoms with E-state index < -0.39 is 5.54 Å². The molecule has 0 fully saturated rings. The van der Waals surface area contributed by atoms with E-state index in [9.17, 15) is 4.79 Å². The van der Waals surface area contributed by atoms with Crippen LogP contribution in [0.25, 0.3) is 0 Å². The van der Waals surface area contributed by atoms with E-state index in [1.165, 1.54) is 10.5 Å². The molecule has 1 aliphatic rings. The molecule has 1 unspecified atom stereocenters. The third-order valence-electron chi connectivity index (χ3n) is 5.23. The van der Waals surface area contributed by atoms with Crippen LogP contribution >= 0.6 is 0 Å². The van der Waals surface area contributed by atoms with Crippen LogP contribution < -0.4 is 5.73 Å². The fourth-order valence-corrected chi connectivity index (χ4v) is 3.65. The number of benzene rings is 2. The number of rotatable bonds is 5. The number of amides is 1. The highest BCUT2D eigenvalue weighted by Crippen LogP contribution is 2.39. The van der Waals surface area contributed by atoms with Crippen molar-refractivity contribution in [2.75, 3.05) is 7.05 Å². The Morgan fingerprint density at radius 3 is 2.25 bits per heavy atom. The fourth-order valence-electron chi connectivity index (χ4n) is 3.65. The number of hydrogen-bond donors (Lipinski definition) is 1. The normalized spacial score (nSPS) is 19.0. The smallest absolute Gasteiger partial charge is 0.266 e. The Hall–Kier alpha value is -3.47. The molecule has 2 N–H and O–H groups in total. The number of aliphatic imine (C=N–C) groups is 1. The number of carbonyl (C=O) groups is 1. The zero-order valence-corrected chi connectivity index (χ0v) is 15.7. The summed E-state index contributed by atoms with van der Waals surface area (Å²) >= 11 is 0. The molecule has 28 heavy (non-hydrogen) atoms. The molecule has 140 valence electrons. The Balaban J connectivity index is 1.73. The number of hydrogen-bond acceptors (Lipinski definition) is 4. The van der Waals surface area contributed by atoms with Gasteiger partial charge in [-0.1, -0.05) is 54.6 Å². The summed E-state index contributed by atoms with van der Waals surface area (Å²) in [6, 6.07) is 21.8. The van der Waals surface area contributed by atoms with E-state index >= 15 is 0 Å². The monoisotopic (exact) mass is 370 g/mol. The van der Waals surface area contributed by atoms with Crippen molar-refractivity contribution in [3.8, 4) is 0 Å². The first-order chi connectivity index (χ1) is 13.6. The van der Waals surface area contributed by atoms with E-state index in [1.54, 1.807) is 19.4 Å². The number of aromatic nitrogens is 1. The number of nitrogens with zero attached hydrogens (tertiary/aromatic N) is 3. The van der Waals surface area contributed by atoms with Gasteiger partial charge in [-0.2, -0.15) is 0 Å². The highest BCUT2D eigenvalue weighted by Gasteiger charge is 2.49. The maximum atomic E-state index is 13.3. The van der Waals surface area contributed by atoms with Crippen molar-refractivity contribution in [2.24, 2.45) is 10.7 Å². The van der Waals surface area contributed by atoms with Gasteiger partial charge in [-0.3, -0.25) is 14.7 Å². The predicted molar refractivity (Wildman–Crippen MR) is 110 cm³/mol. The second kappa shape index (κ2) is 7.27. The van der Waals surface area contributed by atoms with Gasteiger partial charge in [-0.25, -0.2) is 4.99 Å². The summed E-state index contributed by atoms with van der Waals surface area (Å²) in [7, 11) is 1.67. The maximum Gasteiger partial charge on any atom is 0.266 e. The summed E-state index contributed by atoms with van der Waals surface area (Å²) in [6.07, 6.45) is 5.39. The van der Waals surface area contributed by atoms with Crippen LogP contribution in [-0.4, -0.2) is 28.8 Å². The zero-order chi connectivity index (χ0) is 19.6. The first kappa shape index (κ1) is 17.9. The molecule has 4 rings (SSSR count). The molecule has 5 nitrogen and oxygen atoms in total. The lowest BCUT2D eigenvalue weighted by atomic mass is 9.82. The third-order valence-corrected chi connectivity index (χ3v) is 5.23. The van der Waals surface area contributed by atoms with Gasteiger partial charge in [0.05, 0.1) is 0 Å². The van der Waals surface area contributed by atoms with E-state index in [0.29, 0.717) is 0 Å². The lowest BCUT2D eigenvalue weighted by molar-refractivity contribution is -0.129. The van der Waals surface area contributed by atoms with Crippen molar-refractivity contribution in [3.05, 3.63) is 101 Å². The maximum absolute atomic E-state index is 13.3. The molecule has 0 aliphatic carbocycles. The number of nitrogens with two attached hydrogens (primary N) is 1. The van der Waals surface area contributed by atoms with Crippen LogP contribution in [0.3, 0.4) is 0 Å². The molecule has 0 spiro atoms. The van der Waals surface area contributed by atoms with Gasteiger partial charge in [0.1, 0.15) is 0 Å². The minimum Gasteiger partial charge on any atom is -0.369 e. The highest BCUT2D eigenvalue weighted by molar-refractivity contribution is 6.08. The molecular formula is C23H22N4O. The fraction of sp³-hybridized carbons (Fsp3) is 0.174. The van der Waals surface area contributed by atoms with Gasteiger partial charge >= 0.3 is 0 Å². The van der Waals surface area contributed by atoms with E-state index in [0.717, 1.165) is 29.5 Å². The van der Waals surface area contributed by atoms with Crippen molar-refractivity contribution in [3.63, 3.8) is 0 Å². The average molecular weight is 370 g/mol. The summed E-state index contributed by atoms with van der Waals surface area (Å²) < 4.78 is 0. The first-order valence-corrected chi connectivity index (χ1v) is 9.28. The van der Waals surface area contributed by atoms with Gasteiger partial charge in [0.25, 0.3) is 5.91 Å². The number of aryl methyl sites for hydroxylation is 2. The summed E-state index contributed by atoms with van der Waals surface area (Å²) in [5.41, 5.74) is 8.95. The van der Waals surface area contributed by atoms with Gasteiger partial charge in [-0.05, 0) is 47.2 Å². The van der Waals surface area contributed by atoms with Crippen LogP contribution in [-0.2, 0) is 23.2 Å². The van der Waals surface area contributed by atoms with Gasteiger partial charge < -0.3 is 5.73 Å². The molecule has 2 aromatic carbocycles. The molecule has 0 bridgehead atoms. The highest BCUT2D eigenvalue weighted by atomic mass is 16.2. The zero-order valence-electron chi connectivity index (χ0n) is 15.7. The van der Waals surface area contributed by atoms with E-state index in [4.69, 9.17) is 5.73 Å². The Kier molecular flexibility index (Phi) is 4.65. The molecule has 2 heterocycles. The molecule has 0 radical (unpaired) electrons. The van der Waals surface area contributed by atoms with E-state index in [-0.39, 0.29) is 11.9 Å². The number of guanidine groups is 1. The minimum absolute atomic E-state index is 0.137. The molecule has 0 saturated carbocycles. The summed E-state index contributed by atoms with van der Waals surface area (Å²) in [6.45, 7) is 0. The molecule has 3 aromatic rings. The molecule has 5 heteroatoms. The topological polar surface area (TPSA) is 71.6 Å². The average Bonchev–Trinajstić information content (AvgIpc) is 2.99. The Bertz CT molecular complexity index is 1020. The van der Waals surface area contributed by atoms with Crippen LogP contribution in [0.1, 0.15) is 22.3 Å². The van der Waals surface area contributed by atoms with Crippen molar-refractivity contribution >= 4 is 11.9 Å². The van der Waals surface area contributed by atoms with Crippen LogP contribution in [0.2, 0.25) is 0 Å². The van der Waals surface area contributed by atoms with Crippen LogP contribution in [0, 0.1) is 0 Å². The van der Waals surface area contributed by atoms with E-state index in [2.05, 4.69) is 22.1 Å². The Morgan fingerprint density at radius 2 is 1.57 bits per heavy atom. The predicted octanol–water partition coefficient (Wildman–Crippen LogP) is 2.90. The van der Waals surface area contributed by atoms with Gasteiger partial charge in [0.2, 0.25) is 0 Å². The Morgan fingerprint density at radius 1 is 0.893 bits per heavy atom. The number of likely N-dealkylation sites (N-methyl/N-ethyl adjacent to an activating group) is 1. The van der Waals surface area contributed by atoms with Crippen LogP contribution in [0.4, 0.5) is 0 Å². The molecule has 0 saturated heterocycles. The summed E-state index contributed by atoms with van der Waals surface area (Å²) in [4.78, 5) is 23.4. The van der Waals surface area contributed by atoms with Crippen molar-refractivity contribution in [1.29, 1.82) is 0 Å². The standard InChI is InChI=1S/C23H22N4O/c1-27-21(28)23(26-22(27)24,19-7-3-2-4-8-19)20-9-5-6-18(16-20)11-10-17-12-14-25-15-13-17/h2-9,12-16H,10-11H2,1H3,(H2,24,26). The number of pyridine rings is 1. The number of carbonyl (C=O) groups excluding carboxylic acids is 1. The molecular weight excluding hydrogens is 348 g/mol. The van der Waals surface area contributed by atoms with Crippen molar-refractivity contribution in [2.45, 2.75) is 18.4 Å². The van der Waals surface area contributed by atoms with Gasteiger partial charge in [0, 0.05) is 19.4 Å². The SMILES string of the molecule is CN1C(=O)C(c2ccccc2)(c2cccc(CCc3ccncc3)c2)N=C1N. The summed E-state index contributed by atoms with van der Waals surface area (Å²) in [5.74, 6) is 0.0959. The van der Waals surface area contributed by atoms with E-state index in [1.807, 2.05) is 54.6 Å². The molecule has 1 aliphatic heterocycles. The molecule has 1 atom stereocenters. The first-order valence-electron chi connectivity index (χ1n) is 9.28.